The summed E-state index contributed by atoms with van der Waals surface area (Å²) >= 11 is 0. The number of nitriles is 1. The smallest absolute Gasteiger partial charge is 0.309 e. The molecule has 0 saturated heterocycles. The Balaban J connectivity index is 2.23. The first kappa shape index (κ1) is 17.3. The molecule has 23 heavy (non-hydrogen) atoms. The molecule has 0 saturated carbocycles. The topological polar surface area (TPSA) is 85.1 Å². The number of hydrogen-bond acceptors (Lipinski definition) is 6. The molecular formula is C16H18N3O3P. The fraction of sp³-hybridized carbons (Fsp3) is 0.312. The second-order valence-corrected chi connectivity index (χ2v) is 6.71. The van der Waals surface area contributed by atoms with E-state index in [1.807, 2.05) is 12.1 Å². The van der Waals surface area contributed by atoms with Gasteiger partial charge in [0.2, 0.25) is 0 Å². The number of pyridine rings is 2. The van der Waals surface area contributed by atoms with Crippen molar-refractivity contribution >= 4 is 7.60 Å². The van der Waals surface area contributed by atoms with Crippen LogP contribution in [0.3, 0.4) is 0 Å². The molecule has 120 valence electrons. The molecule has 0 aliphatic carbocycles. The lowest BCUT2D eigenvalue weighted by Gasteiger charge is -2.16. The van der Waals surface area contributed by atoms with Gasteiger partial charge in [-0.3, -0.25) is 9.55 Å². The van der Waals surface area contributed by atoms with Gasteiger partial charge >= 0.3 is 7.60 Å². The Bertz CT molecular complexity index is 731. The summed E-state index contributed by atoms with van der Waals surface area (Å²) in [5.74, 6) is 0. The highest BCUT2D eigenvalue weighted by molar-refractivity contribution is 7.53. The molecule has 0 N–H and O–H groups in total. The summed E-state index contributed by atoms with van der Waals surface area (Å²) in [4.78, 5) is 8.34. The minimum Gasteiger partial charge on any atom is -0.309 e. The summed E-state index contributed by atoms with van der Waals surface area (Å²) in [6, 6.07) is 9.22. The van der Waals surface area contributed by atoms with E-state index in [9.17, 15) is 4.57 Å². The minimum atomic E-state index is -3.17. The Hall–Kier alpha value is -2.06. The Morgan fingerprint density at radius 3 is 2.48 bits per heavy atom. The molecule has 0 aromatic carbocycles. The van der Waals surface area contributed by atoms with Crippen LogP contribution in [0.1, 0.15) is 25.2 Å². The van der Waals surface area contributed by atoms with Crippen LogP contribution in [0, 0.1) is 11.3 Å². The van der Waals surface area contributed by atoms with Gasteiger partial charge in [-0.25, -0.2) is 4.98 Å². The number of rotatable bonds is 7. The lowest BCUT2D eigenvalue weighted by Crippen LogP contribution is -2.00. The lowest BCUT2D eigenvalue weighted by atomic mass is 10.1. The molecule has 7 heteroatoms. The minimum absolute atomic E-state index is 0.118. The van der Waals surface area contributed by atoms with Crippen molar-refractivity contribution in [2.24, 2.45) is 0 Å². The van der Waals surface area contributed by atoms with E-state index in [0.29, 0.717) is 30.2 Å². The highest BCUT2D eigenvalue weighted by atomic mass is 31.2. The first-order valence-corrected chi connectivity index (χ1v) is 9.03. The van der Waals surface area contributed by atoms with Crippen LogP contribution < -0.4 is 0 Å². The average molecular weight is 331 g/mol. The summed E-state index contributed by atoms with van der Waals surface area (Å²) in [5.41, 5.74) is 2.45. The molecule has 0 amide bonds. The third-order valence-electron chi connectivity index (χ3n) is 3.06. The van der Waals surface area contributed by atoms with Gasteiger partial charge in [0.05, 0.1) is 25.1 Å². The average Bonchev–Trinajstić information content (AvgIpc) is 2.56. The van der Waals surface area contributed by atoms with Crippen LogP contribution in [0.4, 0.5) is 0 Å². The quantitative estimate of drug-likeness (QED) is 0.718. The summed E-state index contributed by atoms with van der Waals surface area (Å²) in [6.45, 7) is 4.18. The Labute approximate surface area is 135 Å². The molecule has 0 aliphatic rings. The fourth-order valence-electron chi connectivity index (χ4n) is 2.13. The van der Waals surface area contributed by atoms with Crippen LogP contribution >= 0.6 is 7.60 Å². The molecule has 2 aromatic rings. The Morgan fingerprint density at radius 2 is 1.91 bits per heavy atom. The molecule has 0 aliphatic heterocycles. The van der Waals surface area contributed by atoms with Crippen molar-refractivity contribution in [2.75, 3.05) is 13.2 Å². The van der Waals surface area contributed by atoms with Crippen LogP contribution in [0.25, 0.3) is 11.1 Å². The highest BCUT2D eigenvalue weighted by Gasteiger charge is 2.24. The monoisotopic (exact) mass is 331 g/mol. The van der Waals surface area contributed by atoms with Crippen molar-refractivity contribution in [1.82, 2.24) is 9.97 Å². The maximum Gasteiger partial charge on any atom is 0.336 e. The second kappa shape index (κ2) is 7.98. The lowest BCUT2D eigenvalue weighted by molar-refractivity contribution is 0.219. The van der Waals surface area contributed by atoms with E-state index in [0.717, 1.165) is 5.56 Å². The maximum absolute atomic E-state index is 12.5. The van der Waals surface area contributed by atoms with Gasteiger partial charge in [0.25, 0.3) is 0 Å². The molecule has 2 aromatic heterocycles. The van der Waals surface area contributed by atoms with E-state index in [-0.39, 0.29) is 6.16 Å². The van der Waals surface area contributed by atoms with Crippen molar-refractivity contribution in [3.8, 4) is 17.2 Å². The third kappa shape index (κ3) is 4.46. The number of aromatic nitrogens is 2. The van der Waals surface area contributed by atoms with Gasteiger partial charge in [-0.1, -0.05) is 6.07 Å². The molecule has 0 fully saturated rings. The second-order valence-electron chi connectivity index (χ2n) is 4.65. The van der Waals surface area contributed by atoms with Crippen molar-refractivity contribution in [3.63, 3.8) is 0 Å². The predicted octanol–water partition coefficient (Wildman–Crippen LogP) is 3.78. The molecular weight excluding hydrogens is 313 g/mol. The first-order valence-electron chi connectivity index (χ1n) is 7.30. The van der Waals surface area contributed by atoms with E-state index in [1.54, 1.807) is 38.4 Å². The van der Waals surface area contributed by atoms with Crippen molar-refractivity contribution in [1.29, 1.82) is 5.26 Å². The molecule has 6 nitrogen and oxygen atoms in total. The van der Waals surface area contributed by atoms with E-state index in [2.05, 4.69) is 16.0 Å². The van der Waals surface area contributed by atoms with Crippen LogP contribution in [-0.4, -0.2) is 23.2 Å². The van der Waals surface area contributed by atoms with Gasteiger partial charge in [-0.2, -0.15) is 5.26 Å². The van der Waals surface area contributed by atoms with Crippen LogP contribution in [-0.2, 0) is 19.8 Å². The van der Waals surface area contributed by atoms with Gasteiger partial charge in [0, 0.05) is 23.5 Å². The largest absolute Gasteiger partial charge is 0.336 e. The van der Waals surface area contributed by atoms with Crippen LogP contribution in [0.5, 0.6) is 0 Å². The van der Waals surface area contributed by atoms with Gasteiger partial charge in [-0.05, 0) is 32.0 Å². The molecule has 2 heterocycles. The zero-order valence-corrected chi connectivity index (χ0v) is 14.0. The van der Waals surface area contributed by atoms with Crippen molar-refractivity contribution in [3.05, 3.63) is 48.0 Å². The number of nitrogens with zero attached hydrogens (tertiary/aromatic N) is 3. The molecule has 0 spiro atoms. The third-order valence-corrected chi connectivity index (χ3v) is 5.07. The summed E-state index contributed by atoms with van der Waals surface area (Å²) in [5, 5.41) is 9.10. The zero-order chi connectivity index (χ0) is 16.7. The molecule has 0 radical (unpaired) electrons. The van der Waals surface area contributed by atoms with Gasteiger partial charge < -0.3 is 9.05 Å². The van der Waals surface area contributed by atoms with Crippen molar-refractivity contribution < 1.29 is 13.6 Å². The zero-order valence-electron chi connectivity index (χ0n) is 13.1. The standard InChI is InChI=1S/C16H18N3O3P/c1-3-21-23(20,22-4-2)12-14-8-7-13(11-19-14)15-6-5-9-18-16(15)10-17/h5-9,11H,3-4,12H2,1-2H3. The summed E-state index contributed by atoms with van der Waals surface area (Å²) in [7, 11) is -3.17. The SMILES string of the molecule is CCOP(=O)(Cc1ccc(-c2cccnc2C#N)cn1)OCC. The highest BCUT2D eigenvalue weighted by Crippen LogP contribution is 2.50. The van der Waals surface area contributed by atoms with Gasteiger partial charge in [0.15, 0.2) is 0 Å². The predicted molar refractivity (Wildman–Crippen MR) is 86.7 cm³/mol. The van der Waals surface area contributed by atoms with E-state index in [1.165, 1.54) is 0 Å². The molecule has 0 atom stereocenters. The van der Waals surface area contributed by atoms with Gasteiger partial charge in [-0.15, -0.1) is 0 Å². The molecule has 0 unspecified atom stereocenters. The molecule has 2 rings (SSSR count). The summed E-state index contributed by atoms with van der Waals surface area (Å²) < 4.78 is 23.0. The first-order chi connectivity index (χ1) is 11.1. The Morgan fingerprint density at radius 1 is 1.17 bits per heavy atom. The molecule has 0 bridgehead atoms. The van der Waals surface area contributed by atoms with Crippen LogP contribution in [0.2, 0.25) is 0 Å². The fourth-order valence-corrected chi connectivity index (χ4v) is 3.75. The maximum atomic E-state index is 12.5. The summed E-state index contributed by atoms with van der Waals surface area (Å²) in [6.07, 6.45) is 3.33. The Kier molecular flexibility index (Phi) is 6.00. The normalized spacial score (nSPS) is 11.2. The van der Waals surface area contributed by atoms with E-state index >= 15 is 0 Å². The number of hydrogen-bond donors (Lipinski definition) is 0. The van der Waals surface area contributed by atoms with E-state index < -0.39 is 7.60 Å². The van der Waals surface area contributed by atoms with Gasteiger partial charge in [0.1, 0.15) is 11.8 Å². The van der Waals surface area contributed by atoms with Crippen LogP contribution in [0.15, 0.2) is 36.7 Å². The van der Waals surface area contributed by atoms with E-state index in [4.69, 9.17) is 14.3 Å². The van der Waals surface area contributed by atoms with Crippen molar-refractivity contribution in [2.45, 2.75) is 20.0 Å².